The Labute approximate surface area is 133 Å². The molecule has 0 nitrogen and oxygen atoms in total. The van der Waals surface area contributed by atoms with Crippen LogP contribution in [0.15, 0.2) is 0 Å². The number of rotatable bonds is 0. The maximum Gasteiger partial charge on any atom is 0 e. The Balaban J connectivity index is 0. The van der Waals surface area contributed by atoms with E-state index >= 15 is 0 Å². The zero-order chi connectivity index (χ0) is 0. The van der Waals surface area contributed by atoms with Crippen LogP contribution in [0.25, 0.3) is 0 Å². The molecule has 0 amide bonds. The normalized spacial score (nSPS) is 0. The molecule has 0 fully saturated rings. The molecule has 0 aromatic carbocycles. The average molecular weight is 590 g/mol. The molecule has 0 aliphatic heterocycles. The molecule has 0 atom stereocenters. The third-order valence-electron chi connectivity index (χ3n) is 0. The van der Waals surface area contributed by atoms with E-state index in [1.54, 1.807) is 0 Å². The minimum Gasteiger partial charge on any atom is 0 e. The van der Waals surface area contributed by atoms with E-state index in [1.807, 2.05) is 0 Å². The average Bonchev–Trinajstić information content (AvgIpc) is 0. The van der Waals surface area contributed by atoms with Gasteiger partial charge in [-0.3, -0.25) is 0 Å². The van der Waals surface area contributed by atoms with Crippen LogP contribution in [0.4, 0.5) is 0 Å². The Hall–Kier alpha value is 4.47. The Kier molecular flexibility index (Phi) is 266. The first-order chi connectivity index (χ1) is 0. The first kappa shape index (κ1) is 47.0. The van der Waals surface area contributed by atoms with Crippen LogP contribution in [0.3, 0.4) is 0 Å². The van der Waals surface area contributed by atoms with E-state index in [1.165, 1.54) is 0 Å². The van der Waals surface area contributed by atoms with Gasteiger partial charge in [-0.2, -0.15) is 0 Å². The fraction of sp³-hybridized carbons (Fsp3) is 0. The van der Waals surface area contributed by atoms with Gasteiger partial charge in [0.15, 0.2) is 0 Å². The summed E-state index contributed by atoms with van der Waals surface area (Å²) in [4.78, 5) is 0. The first-order valence-corrected chi connectivity index (χ1v) is 0. The van der Waals surface area contributed by atoms with E-state index in [9.17, 15) is 0 Å². The van der Waals surface area contributed by atoms with E-state index < -0.39 is 0 Å². The Bertz CT molecular complexity index is 15.5. The molecule has 40 valence electrons. The summed E-state index contributed by atoms with van der Waals surface area (Å²) in [7, 11) is 0. The first-order valence-electron chi connectivity index (χ1n) is 0. The maximum absolute atomic E-state index is 0. The van der Waals surface area contributed by atoms with Crippen molar-refractivity contribution in [3.63, 3.8) is 0 Å². The Morgan fingerprint density at radius 1 is 1.00 bits per heavy atom. The third kappa shape index (κ3) is 23.6. The molecular weight excluding hydrogens is 580 g/mol. The second kappa shape index (κ2) is 34.0. The predicted molar refractivity (Wildman–Crippen MR) is 37.0 cm³/mol. The molecule has 0 bridgehead atoms. The molecular formula is H10BiMgNiSbSnTi. The van der Waals surface area contributed by atoms with Crippen LogP contribution in [0.1, 0.15) is 0 Å². The minimum absolute atomic E-state index is 0. The van der Waals surface area contributed by atoms with Gasteiger partial charge >= 0.3 is 97.6 Å². The van der Waals surface area contributed by atoms with Crippen LogP contribution < -0.4 is 0 Å². The van der Waals surface area contributed by atoms with Gasteiger partial charge in [0.05, 0.1) is 0 Å². The van der Waals surface area contributed by atoms with Gasteiger partial charge < -0.3 is 0 Å². The number of hydrogen-bond acceptors (Lipinski definition) is 0. The summed E-state index contributed by atoms with van der Waals surface area (Å²) in [5, 5.41) is 0. The van der Waals surface area contributed by atoms with E-state index in [4.69, 9.17) is 0 Å². The second-order valence-corrected chi connectivity index (χ2v) is 0. The number of hydrogen-bond donors (Lipinski definition) is 0. The summed E-state index contributed by atoms with van der Waals surface area (Å²) in [6.07, 6.45) is 0. The molecule has 6 heteroatoms. The van der Waals surface area contributed by atoms with Crippen molar-refractivity contribution in [2.75, 3.05) is 0 Å². The van der Waals surface area contributed by atoms with Crippen molar-refractivity contribution < 1.29 is 38.2 Å². The summed E-state index contributed by atoms with van der Waals surface area (Å²) >= 11 is 0. The molecule has 0 unspecified atom stereocenters. The molecule has 0 saturated carbocycles. The zero-order valence-corrected chi connectivity index (χ0v) is 19.1. The van der Waals surface area contributed by atoms with Gasteiger partial charge in [0.25, 0.3) is 0 Å². The van der Waals surface area contributed by atoms with Gasteiger partial charge in [0.2, 0.25) is 0 Å². The van der Waals surface area contributed by atoms with Gasteiger partial charge in [-0.25, -0.2) is 0 Å². The summed E-state index contributed by atoms with van der Waals surface area (Å²) in [6.45, 7) is 0. The Morgan fingerprint density at radius 2 is 1.00 bits per heavy atom. The molecule has 0 heterocycles. The molecule has 0 saturated heterocycles. The quantitative estimate of drug-likeness (QED) is 0.252. The minimum atomic E-state index is 0. The van der Waals surface area contributed by atoms with Crippen molar-refractivity contribution in [2.24, 2.45) is 0 Å². The van der Waals surface area contributed by atoms with Crippen LogP contribution in [0, 0.1) is 0 Å². The van der Waals surface area contributed by atoms with Crippen LogP contribution in [0.2, 0.25) is 0 Å². The molecule has 0 aliphatic rings. The zero-order valence-electron chi connectivity index (χ0n) is 2.94. The van der Waals surface area contributed by atoms with E-state index in [2.05, 4.69) is 0 Å². The van der Waals surface area contributed by atoms with Crippen molar-refractivity contribution in [1.29, 1.82) is 0 Å². The Morgan fingerprint density at radius 3 is 1.00 bits per heavy atom. The van der Waals surface area contributed by atoms with Crippen LogP contribution in [-0.2, 0) is 38.2 Å². The topological polar surface area (TPSA) is 0 Å². The molecule has 2 radical (unpaired) electrons. The summed E-state index contributed by atoms with van der Waals surface area (Å²) in [5.41, 5.74) is 0. The SMILES string of the molecule is [BiH3].[MgH2].[Ni].[SbH3].[SnH2].[Ti]. The molecule has 0 aromatic heterocycles. The molecule has 0 aliphatic carbocycles. The molecule has 0 N–H and O–H groups in total. The predicted octanol–water partition coefficient (Wildman–Crippen LogP) is -4.21. The largest absolute Gasteiger partial charge is 0 e. The van der Waals surface area contributed by atoms with Crippen molar-refractivity contribution in [2.45, 2.75) is 0 Å². The second-order valence-electron chi connectivity index (χ2n) is 0. The summed E-state index contributed by atoms with van der Waals surface area (Å²) < 4.78 is 0. The van der Waals surface area contributed by atoms with Crippen molar-refractivity contribution in [1.82, 2.24) is 0 Å². The van der Waals surface area contributed by atoms with Crippen LogP contribution in [-0.4, -0.2) is 97.6 Å². The fourth-order valence-corrected chi connectivity index (χ4v) is 0. The monoisotopic (exact) mass is 590 g/mol. The van der Waals surface area contributed by atoms with Crippen LogP contribution in [0.5, 0.6) is 0 Å². The molecule has 6 heavy (non-hydrogen) atoms. The molecule has 0 rings (SSSR count). The van der Waals surface area contributed by atoms with E-state index in [0.717, 1.165) is 0 Å². The maximum atomic E-state index is 0. The fourth-order valence-electron chi connectivity index (χ4n) is 0. The van der Waals surface area contributed by atoms with Crippen LogP contribution >= 0.6 is 0 Å². The van der Waals surface area contributed by atoms with Crippen molar-refractivity contribution in [3.8, 4) is 0 Å². The van der Waals surface area contributed by atoms with Gasteiger partial charge in [-0.05, 0) is 0 Å². The van der Waals surface area contributed by atoms with Crippen molar-refractivity contribution in [3.05, 3.63) is 0 Å². The smallest absolute Gasteiger partial charge is 0 e. The van der Waals surface area contributed by atoms with Crippen molar-refractivity contribution >= 4 is 97.6 Å². The van der Waals surface area contributed by atoms with E-state index in [-0.39, 0.29) is 136 Å². The summed E-state index contributed by atoms with van der Waals surface area (Å²) in [5.74, 6) is 0. The molecule has 0 aromatic rings. The van der Waals surface area contributed by atoms with Gasteiger partial charge in [-0.15, -0.1) is 0 Å². The van der Waals surface area contributed by atoms with E-state index in [0.29, 0.717) is 0 Å². The van der Waals surface area contributed by atoms with Gasteiger partial charge in [0, 0.05) is 38.2 Å². The third-order valence-corrected chi connectivity index (χ3v) is 0. The molecule has 0 spiro atoms. The van der Waals surface area contributed by atoms with Gasteiger partial charge in [-0.1, -0.05) is 0 Å². The standard InChI is InChI=1S/Bi.Mg.Ni.Sb.Sn.Ti.10H. The summed E-state index contributed by atoms with van der Waals surface area (Å²) in [6, 6.07) is 0. The van der Waals surface area contributed by atoms with Gasteiger partial charge in [0.1, 0.15) is 0 Å².